The molecule has 0 bridgehead atoms. The molecule has 3 N–H and O–H groups in total. The van der Waals surface area contributed by atoms with E-state index >= 15 is 0 Å². The van der Waals surface area contributed by atoms with Gasteiger partial charge in [0.25, 0.3) is 0 Å². The van der Waals surface area contributed by atoms with Crippen molar-refractivity contribution in [1.82, 2.24) is 5.43 Å². The number of hydrogen-bond donors (Lipinski definition) is 2. The summed E-state index contributed by atoms with van der Waals surface area (Å²) in [6.45, 7) is 0. The molecule has 1 unspecified atom stereocenters. The van der Waals surface area contributed by atoms with Crippen LogP contribution in [-0.2, 0) is 0 Å². The third-order valence-electron chi connectivity index (χ3n) is 3.58. The fraction of sp³-hybridized carbons (Fsp3) is 0.538. The SMILES string of the molecule is COc1cc(Cl)ccc1C(NN)C1CCCC1. The Labute approximate surface area is 107 Å². The van der Waals surface area contributed by atoms with E-state index in [0.29, 0.717) is 10.9 Å². The van der Waals surface area contributed by atoms with E-state index in [1.165, 1.54) is 25.7 Å². The van der Waals surface area contributed by atoms with Crippen LogP contribution in [0.25, 0.3) is 0 Å². The maximum atomic E-state index is 5.97. The molecule has 1 aromatic rings. The van der Waals surface area contributed by atoms with Crippen LogP contribution in [0, 0.1) is 5.92 Å². The van der Waals surface area contributed by atoms with Crippen LogP contribution in [0.1, 0.15) is 37.3 Å². The quantitative estimate of drug-likeness (QED) is 0.641. The van der Waals surface area contributed by atoms with Gasteiger partial charge in [-0.25, -0.2) is 0 Å². The highest BCUT2D eigenvalue weighted by Gasteiger charge is 2.27. The van der Waals surface area contributed by atoms with Crippen molar-refractivity contribution in [3.05, 3.63) is 28.8 Å². The van der Waals surface area contributed by atoms with Crippen molar-refractivity contribution < 1.29 is 4.74 Å². The first-order valence-electron chi connectivity index (χ1n) is 6.06. The van der Waals surface area contributed by atoms with E-state index in [0.717, 1.165) is 11.3 Å². The van der Waals surface area contributed by atoms with Crippen molar-refractivity contribution in [3.8, 4) is 5.75 Å². The molecule has 1 fully saturated rings. The molecule has 94 valence electrons. The number of nitrogens with two attached hydrogens (primary N) is 1. The Morgan fingerprint density at radius 2 is 2.12 bits per heavy atom. The highest BCUT2D eigenvalue weighted by atomic mass is 35.5. The summed E-state index contributed by atoms with van der Waals surface area (Å²) < 4.78 is 5.39. The summed E-state index contributed by atoms with van der Waals surface area (Å²) in [4.78, 5) is 0. The largest absolute Gasteiger partial charge is 0.496 e. The highest BCUT2D eigenvalue weighted by Crippen LogP contribution is 2.39. The van der Waals surface area contributed by atoms with Gasteiger partial charge in [0, 0.05) is 10.6 Å². The molecule has 1 aliphatic rings. The van der Waals surface area contributed by atoms with Gasteiger partial charge >= 0.3 is 0 Å². The van der Waals surface area contributed by atoms with Gasteiger partial charge in [0.15, 0.2) is 0 Å². The number of benzene rings is 1. The normalized spacial score (nSPS) is 18.3. The number of halogens is 1. The van der Waals surface area contributed by atoms with Crippen LogP contribution in [0.15, 0.2) is 18.2 Å². The number of rotatable bonds is 4. The molecule has 0 aromatic heterocycles. The van der Waals surface area contributed by atoms with E-state index in [2.05, 4.69) is 5.43 Å². The molecular formula is C13H19ClN2O. The zero-order valence-corrected chi connectivity index (χ0v) is 10.8. The van der Waals surface area contributed by atoms with Crippen molar-refractivity contribution in [2.45, 2.75) is 31.7 Å². The Balaban J connectivity index is 2.29. The van der Waals surface area contributed by atoms with Crippen molar-refractivity contribution in [2.75, 3.05) is 7.11 Å². The van der Waals surface area contributed by atoms with E-state index in [1.54, 1.807) is 7.11 Å². The lowest BCUT2D eigenvalue weighted by atomic mass is 9.91. The second kappa shape index (κ2) is 5.71. The molecule has 1 aromatic carbocycles. The highest BCUT2D eigenvalue weighted by molar-refractivity contribution is 6.30. The molecule has 0 radical (unpaired) electrons. The average molecular weight is 255 g/mol. The average Bonchev–Trinajstić information content (AvgIpc) is 2.85. The molecule has 4 heteroatoms. The van der Waals surface area contributed by atoms with E-state index in [-0.39, 0.29) is 6.04 Å². The van der Waals surface area contributed by atoms with Gasteiger partial charge in [0.05, 0.1) is 13.2 Å². The Kier molecular flexibility index (Phi) is 4.26. The van der Waals surface area contributed by atoms with Gasteiger partial charge < -0.3 is 4.74 Å². The van der Waals surface area contributed by atoms with Gasteiger partial charge in [0.2, 0.25) is 0 Å². The van der Waals surface area contributed by atoms with E-state index in [9.17, 15) is 0 Å². The van der Waals surface area contributed by atoms with Crippen LogP contribution in [0.5, 0.6) is 5.75 Å². The maximum Gasteiger partial charge on any atom is 0.125 e. The molecule has 0 aliphatic heterocycles. The van der Waals surface area contributed by atoms with Crippen LogP contribution in [0.4, 0.5) is 0 Å². The van der Waals surface area contributed by atoms with Crippen molar-refractivity contribution in [2.24, 2.45) is 11.8 Å². The van der Waals surface area contributed by atoms with E-state index in [4.69, 9.17) is 22.2 Å². The number of nitrogens with one attached hydrogen (secondary N) is 1. The Morgan fingerprint density at radius 1 is 1.41 bits per heavy atom. The molecular weight excluding hydrogens is 236 g/mol. The van der Waals surface area contributed by atoms with Crippen LogP contribution in [0.2, 0.25) is 5.02 Å². The van der Waals surface area contributed by atoms with Crippen molar-refractivity contribution >= 4 is 11.6 Å². The molecule has 0 amide bonds. The first kappa shape index (κ1) is 12.7. The minimum Gasteiger partial charge on any atom is -0.496 e. The molecule has 3 nitrogen and oxygen atoms in total. The summed E-state index contributed by atoms with van der Waals surface area (Å²) in [7, 11) is 1.66. The van der Waals surface area contributed by atoms with Crippen LogP contribution in [0.3, 0.4) is 0 Å². The first-order valence-corrected chi connectivity index (χ1v) is 6.43. The number of hydrogen-bond acceptors (Lipinski definition) is 3. The third-order valence-corrected chi connectivity index (χ3v) is 3.82. The van der Waals surface area contributed by atoms with Gasteiger partial charge in [-0.1, -0.05) is 30.5 Å². The molecule has 1 saturated carbocycles. The van der Waals surface area contributed by atoms with Crippen LogP contribution in [-0.4, -0.2) is 7.11 Å². The van der Waals surface area contributed by atoms with Gasteiger partial charge in [-0.3, -0.25) is 11.3 Å². The fourth-order valence-corrected chi connectivity index (χ4v) is 2.87. The predicted octanol–water partition coefficient (Wildman–Crippen LogP) is 3.04. The van der Waals surface area contributed by atoms with Crippen molar-refractivity contribution in [1.29, 1.82) is 0 Å². The van der Waals surface area contributed by atoms with Gasteiger partial charge in [-0.15, -0.1) is 0 Å². The summed E-state index contributed by atoms with van der Waals surface area (Å²) in [6.07, 6.45) is 5.03. The van der Waals surface area contributed by atoms with Gasteiger partial charge in [0.1, 0.15) is 5.75 Å². The molecule has 17 heavy (non-hydrogen) atoms. The Morgan fingerprint density at radius 3 is 2.71 bits per heavy atom. The maximum absolute atomic E-state index is 5.97. The lowest BCUT2D eigenvalue weighted by molar-refractivity contribution is 0.348. The molecule has 1 atom stereocenters. The van der Waals surface area contributed by atoms with Crippen molar-refractivity contribution in [3.63, 3.8) is 0 Å². The van der Waals surface area contributed by atoms with Crippen LogP contribution < -0.4 is 16.0 Å². The Hall–Kier alpha value is -0.770. The number of hydrazine groups is 1. The number of ether oxygens (including phenoxy) is 1. The second-order valence-corrected chi connectivity index (χ2v) is 5.01. The lowest BCUT2D eigenvalue weighted by Gasteiger charge is -2.24. The van der Waals surface area contributed by atoms with Gasteiger partial charge in [-0.05, 0) is 30.9 Å². The molecule has 0 saturated heterocycles. The number of methoxy groups -OCH3 is 1. The fourth-order valence-electron chi connectivity index (χ4n) is 2.71. The van der Waals surface area contributed by atoms with E-state index in [1.807, 2.05) is 18.2 Å². The summed E-state index contributed by atoms with van der Waals surface area (Å²) >= 11 is 5.97. The summed E-state index contributed by atoms with van der Waals surface area (Å²) in [5.41, 5.74) is 4.03. The Bertz CT molecular complexity index is 378. The third kappa shape index (κ3) is 2.73. The standard InChI is InChI=1S/C13H19ClN2O/c1-17-12-8-10(14)6-7-11(12)13(16-15)9-4-2-3-5-9/h6-9,13,16H,2-5,15H2,1H3. The summed E-state index contributed by atoms with van der Waals surface area (Å²) in [6, 6.07) is 5.89. The molecule has 1 aliphatic carbocycles. The van der Waals surface area contributed by atoms with Gasteiger partial charge in [-0.2, -0.15) is 0 Å². The summed E-state index contributed by atoms with van der Waals surface area (Å²) in [5.74, 6) is 7.11. The zero-order valence-electron chi connectivity index (χ0n) is 10.1. The minimum absolute atomic E-state index is 0.157. The van der Waals surface area contributed by atoms with Crippen LogP contribution >= 0.6 is 11.6 Å². The minimum atomic E-state index is 0.157. The molecule has 0 spiro atoms. The molecule has 2 rings (SSSR count). The zero-order chi connectivity index (χ0) is 12.3. The smallest absolute Gasteiger partial charge is 0.125 e. The predicted molar refractivity (Wildman–Crippen MR) is 70.0 cm³/mol. The molecule has 0 heterocycles. The second-order valence-electron chi connectivity index (χ2n) is 4.58. The lowest BCUT2D eigenvalue weighted by Crippen LogP contribution is -2.32. The van der Waals surface area contributed by atoms with E-state index < -0.39 is 0 Å². The summed E-state index contributed by atoms with van der Waals surface area (Å²) in [5, 5.41) is 0.688. The monoisotopic (exact) mass is 254 g/mol. The first-order chi connectivity index (χ1) is 8.26. The topological polar surface area (TPSA) is 47.3 Å².